The molecular weight excluding hydrogens is 280 g/mol. The molecule has 2 aromatic carbocycles. The molecule has 0 aliphatic heterocycles. The highest BCUT2D eigenvalue weighted by Gasteiger charge is 2.18. The van der Waals surface area contributed by atoms with Crippen molar-refractivity contribution in [2.45, 2.75) is 0 Å². The average Bonchev–Trinajstić information content (AvgIpc) is 3.01. The van der Waals surface area contributed by atoms with E-state index >= 15 is 0 Å². The molecule has 0 bridgehead atoms. The van der Waals surface area contributed by atoms with Gasteiger partial charge < -0.3 is 14.9 Å². The van der Waals surface area contributed by atoms with Crippen molar-refractivity contribution in [1.82, 2.24) is 4.57 Å². The molecule has 5 nitrogen and oxygen atoms in total. The molecular formula is C17H14N2O3. The Morgan fingerprint density at radius 2 is 1.68 bits per heavy atom. The molecule has 0 N–H and O–H groups in total. The normalized spacial score (nSPS) is 10.4. The van der Waals surface area contributed by atoms with Gasteiger partial charge in [0, 0.05) is 11.6 Å². The molecule has 0 amide bonds. The van der Waals surface area contributed by atoms with Crippen molar-refractivity contribution in [3.05, 3.63) is 77.0 Å². The van der Waals surface area contributed by atoms with Gasteiger partial charge in [0.15, 0.2) is 0 Å². The first kappa shape index (κ1) is 13.9. The van der Waals surface area contributed by atoms with Crippen LogP contribution in [0, 0.1) is 10.1 Å². The van der Waals surface area contributed by atoms with Crippen LogP contribution >= 0.6 is 0 Å². The van der Waals surface area contributed by atoms with Crippen LogP contribution in [0.1, 0.15) is 0 Å². The number of para-hydroxylation sites is 1. The van der Waals surface area contributed by atoms with E-state index in [-0.39, 0.29) is 10.7 Å². The lowest BCUT2D eigenvalue weighted by atomic mass is 10.1. The second-order valence-corrected chi connectivity index (χ2v) is 4.78. The number of methoxy groups -OCH3 is 1. The Bertz CT molecular complexity index is 793. The number of hydrogen-bond acceptors (Lipinski definition) is 3. The fraction of sp³-hybridized carbons (Fsp3) is 0.0588. The quantitative estimate of drug-likeness (QED) is 0.538. The Labute approximate surface area is 127 Å². The lowest BCUT2D eigenvalue weighted by molar-refractivity contribution is -0.390. The highest BCUT2D eigenvalue weighted by atomic mass is 16.6. The van der Waals surface area contributed by atoms with Crippen molar-refractivity contribution in [1.29, 1.82) is 0 Å². The molecule has 3 rings (SSSR count). The second kappa shape index (κ2) is 5.73. The number of rotatable bonds is 4. The van der Waals surface area contributed by atoms with E-state index in [4.69, 9.17) is 4.74 Å². The number of aromatic nitrogens is 1. The SMILES string of the molecule is COc1ccc(-c2cc([N+](=O)[O-])n(-c3ccccc3)c2)cc1. The van der Waals surface area contributed by atoms with Crippen LogP contribution in [0.15, 0.2) is 66.9 Å². The average molecular weight is 294 g/mol. The highest BCUT2D eigenvalue weighted by Crippen LogP contribution is 2.30. The van der Waals surface area contributed by atoms with Crippen LogP contribution in [-0.2, 0) is 0 Å². The van der Waals surface area contributed by atoms with Crippen molar-refractivity contribution in [2.75, 3.05) is 7.11 Å². The first-order valence-electron chi connectivity index (χ1n) is 6.75. The lowest BCUT2D eigenvalue weighted by Crippen LogP contribution is -1.98. The molecule has 1 heterocycles. The van der Waals surface area contributed by atoms with E-state index in [0.717, 1.165) is 22.6 Å². The smallest absolute Gasteiger partial charge is 0.328 e. The monoisotopic (exact) mass is 294 g/mol. The molecule has 110 valence electrons. The molecule has 0 atom stereocenters. The number of nitrogens with zero attached hydrogens (tertiary/aromatic N) is 2. The van der Waals surface area contributed by atoms with Crippen LogP contribution in [-0.4, -0.2) is 16.6 Å². The minimum atomic E-state index is -0.375. The summed E-state index contributed by atoms with van der Waals surface area (Å²) < 4.78 is 6.71. The number of nitro groups is 1. The van der Waals surface area contributed by atoms with E-state index in [1.54, 1.807) is 23.9 Å². The van der Waals surface area contributed by atoms with E-state index in [9.17, 15) is 10.1 Å². The molecule has 0 saturated heterocycles. The Hall–Kier alpha value is -3.08. The van der Waals surface area contributed by atoms with Crippen molar-refractivity contribution >= 4 is 5.82 Å². The summed E-state index contributed by atoms with van der Waals surface area (Å²) in [4.78, 5) is 10.9. The van der Waals surface area contributed by atoms with Gasteiger partial charge in [-0.3, -0.25) is 0 Å². The maximum absolute atomic E-state index is 11.3. The first-order chi connectivity index (χ1) is 10.7. The van der Waals surface area contributed by atoms with Crippen LogP contribution in [0.4, 0.5) is 5.82 Å². The van der Waals surface area contributed by atoms with Crippen LogP contribution in [0.3, 0.4) is 0 Å². The van der Waals surface area contributed by atoms with Gasteiger partial charge in [0.05, 0.1) is 7.11 Å². The topological polar surface area (TPSA) is 57.3 Å². The standard InChI is InChI=1S/C17H14N2O3/c1-22-16-9-7-13(8-10-16)14-11-17(19(20)21)18(12-14)15-5-3-2-4-6-15/h2-12H,1H3. The fourth-order valence-corrected chi connectivity index (χ4v) is 2.33. The molecule has 0 saturated carbocycles. The van der Waals surface area contributed by atoms with Gasteiger partial charge in [-0.25, -0.2) is 0 Å². The number of benzene rings is 2. The summed E-state index contributed by atoms with van der Waals surface area (Å²) in [5.74, 6) is 0.790. The molecule has 0 aliphatic rings. The Morgan fingerprint density at radius 3 is 2.27 bits per heavy atom. The van der Waals surface area contributed by atoms with E-state index in [1.807, 2.05) is 54.6 Å². The van der Waals surface area contributed by atoms with Crippen molar-refractivity contribution in [2.24, 2.45) is 0 Å². The number of ether oxygens (including phenoxy) is 1. The van der Waals surface area contributed by atoms with E-state index < -0.39 is 0 Å². The first-order valence-corrected chi connectivity index (χ1v) is 6.75. The van der Waals surface area contributed by atoms with Crippen LogP contribution < -0.4 is 4.74 Å². The predicted molar refractivity (Wildman–Crippen MR) is 84.4 cm³/mol. The molecule has 3 aromatic rings. The molecule has 0 spiro atoms. The van der Waals surface area contributed by atoms with Crippen LogP contribution in [0.25, 0.3) is 16.8 Å². The fourth-order valence-electron chi connectivity index (χ4n) is 2.33. The van der Waals surface area contributed by atoms with Gasteiger partial charge in [-0.1, -0.05) is 30.3 Å². The summed E-state index contributed by atoms with van der Waals surface area (Å²) in [5.41, 5.74) is 2.45. The molecule has 0 radical (unpaired) electrons. The molecule has 5 heteroatoms. The highest BCUT2D eigenvalue weighted by molar-refractivity contribution is 5.67. The van der Waals surface area contributed by atoms with Gasteiger partial charge in [-0.2, -0.15) is 4.57 Å². The molecule has 22 heavy (non-hydrogen) atoms. The molecule has 1 aromatic heterocycles. The summed E-state index contributed by atoms with van der Waals surface area (Å²) >= 11 is 0. The zero-order chi connectivity index (χ0) is 15.5. The van der Waals surface area contributed by atoms with Gasteiger partial charge in [-0.05, 0) is 34.8 Å². The Balaban J connectivity index is 2.08. The molecule has 0 unspecified atom stereocenters. The van der Waals surface area contributed by atoms with Crippen molar-refractivity contribution in [3.8, 4) is 22.6 Å². The van der Waals surface area contributed by atoms with Gasteiger partial charge in [0.25, 0.3) is 0 Å². The largest absolute Gasteiger partial charge is 0.497 e. The van der Waals surface area contributed by atoms with E-state index in [1.165, 1.54) is 0 Å². The van der Waals surface area contributed by atoms with Crippen LogP contribution in [0.2, 0.25) is 0 Å². The van der Waals surface area contributed by atoms with Crippen molar-refractivity contribution < 1.29 is 9.66 Å². The van der Waals surface area contributed by atoms with Gasteiger partial charge in [0.1, 0.15) is 17.6 Å². The minimum absolute atomic E-state index is 0.0389. The summed E-state index contributed by atoms with van der Waals surface area (Å²) in [6.45, 7) is 0. The summed E-state index contributed by atoms with van der Waals surface area (Å²) in [7, 11) is 1.60. The maximum Gasteiger partial charge on any atom is 0.328 e. The summed E-state index contributed by atoms with van der Waals surface area (Å²) in [5, 5.41) is 11.3. The second-order valence-electron chi connectivity index (χ2n) is 4.78. The van der Waals surface area contributed by atoms with Crippen LogP contribution in [0.5, 0.6) is 5.75 Å². The predicted octanol–water partition coefficient (Wildman–Crippen LogP) is 4.06. The third-order valence-electron chi connectivity index (χ3n) is 3.44. The lowest BCUT2D eigenvalue weighted by Gasteiger charge is -2.00. The Morgan fingerprint density at radius 1 is 1.00 bits per heavy atom. The van der Waals surface area contributed by atoms with E-state index in [0.29, 0.717) is 0 Å². The van der Waals surface area contributed by atoms with Gasteiger partial charge in [-0.15, -0.1) is 0 Å². The third kappa shape index (κ3) is 2.56. The maximum atomic E-state index is 11.3. The minimum Gasteiger partial charge on any atom is -0.497 e. The summed E-state index contributed by atoms with van der Waals surface area (Å²) in [6, 6.07) is 18.3. The summed E-state index contributed by atoms with van der Waals surface area (Å²) in [6.07, 6.45) is 1.77. The third-order valence-corrected chi connectivity index (χ3v) is 3.44. The van der Waals surface area contributed by atoms with Crippen molar-refractivity contribution in [3.63, 3.8) is 0 Å². The zero-order valence-electron chi connectivity index (χ0n) is 12.0. The van der Waals surface area contributed by atoms with Gasteiger partial charge >= 0.3 is 5.82 Å². The molecule has 0 fully saturated rings. The molecule has 0 aliphatic carbocycles. The zero-order valence-corrected chi connectivity index (χ0v) is 12.0. The van der Waals surface area contributed by atoms with Gasteiger partial charge in [0.2, 0.25) is 0 Å². The Kier molecular flexibility index (Phi) is 3.62. The van der Waals surface area contributed by atoms with E-state index in [2.05, 4.69) is 0 Å². The number of hydrogen-bond donors (Lipinski definition) is 0.